The monoisotopic (exact) mass is 461 g/mol. The molecule has 2 aromatic carbocycles. The van der Waals surface area contributed by atoms with Gasteiger partial charge in [-0.2, -0.15) is 0 Å². The second kappa shape index (κ2) is 10.4. The molecule has 0 aliphatic carbocycles. The lowest BCUT2D eigenvalue weighted by Crippen LogP contribution is -2.40. The van der Waals surface area contributed by atoms with Gasteiger partial charge in [0.25, 0.3) is 0 Å². The number of anilines is 3. The Labute approximate surface area is 199 Å². The van der Waals surface area contributed by atoms with E-state index in [0.717, 1.165) is 59.8 Å². The topological polar surface area (TPSA) is 93.0 Å². The minimum atomic E-state index is -0.621. The van der Waals surface area contributed by atoms with Crippen LogP contribution in [0.2, 0.25) is 0 Å². The van der Waals surface area contributed by atoms with Crippen LogP contribution in [0.3, 0.4) is 0 Å². The molecular formula is C26H31N5O3. The number of hydrogen-bond acceptors (Lipinski definition) is 7. The Morgan fingerprint density at radius 3 is 2.32 bits per heavy atom. The number of amides is 1. The summed E-state index contributed by atoms with van der Waals surface area (Å²) < 4.78 is 11.1. The van der Waals surface area contributed by atoms with Crippen molar-refractivity contribution in [3.63, 3.8) is 0 Å². The average molecular weight is 462 g/mol. The zero-order chi connectivity index (χ0) is 23.3. The van der Waals surface area contributed by atoms with Gasteiger partial charge >= 0.3 is 0 Å². The highest BCUT2D eigenvalue weighted by molar-refractivity contribution is 5.97. The predicted octanol–water partition coefficient (Wildman–Crippen LogP) is 2.42. The third-order valence-electron chi connectivity index (χ3n) is 6.34. The molecule has 178 valence electrons. The van der Waals surface area contributed by atoms with Gasteiger partial charge in [-0.15, -0.1) is 0 Å². The van der Waals surface area contributed by atoms with Crippen LogP contribution >= 0.6 is 0 Å². The first kappa shape index (κ1) is 22.6. The van der Waals surface area contributed by atoms with Crippen LogP contribution in [0.25, 0.3) is 10.9 Å². The van der Waals surface area contributed by atoms with E-state index in [4.69, 9.17) is 20.2 Å². The summed E-state index contributed by atoms with van der Waals surface area (Å²) in [6.07, 6.45) is 0.492. The molecule has 0 unspecified atom stereocenters. The van der Waals surface area contributed by atoms with E-state index in [1.165, 1.54) is 0 Å². The predicted molar refractivity (Wildman–Crippen MR) is 135 cm³/mol. The number of carbonyl (C=O) groups is 1. The molecule has 0 radical (unpaired) electrons. The molecule has 1 aromatic heterocycles. The second-order valence-electron chi connectivity index (χ2n) is 8.72. The molecular weight excluding hydrogens is 430 g/mol. The van der Waals surface area contributed by atoms with Gasteiger partial charge in [-0.25, -0.2) is 4.98 Å². The van der Waals surface area contributed by atoms with Crippen LogP contribution in [0.4, 0.5) is 17.2 Å². The number of benzene rings is 2. The van der Waals surface area contributed by atoms with E-state index in [9.17, 15) is 4.79 Å². The highest BCUT2D eigenvalue weighted by atomic mass is 16.5. The Hall–Kier alpha value is -3.20. The fraction of sp³-hybridized carbons (Fsp3) is 0.385. The van der Waals surface area contributed by atoms with Crippen LogP contribution in [0.1, 0.15) is 5.56 Å². The van der Waals surface area contributed by atoms with Crippen molar-refractivity contribution >= 4 is 34.0 Å². The van der Waals surface area contributed by atoms with Crippen molar-refractivity contribution in [3.05, 3.63) is 60.2 Å². The van der Waals surface area contributed by atoms with E-state index >= 15 is 0 Å². The minimum absolute atomic E-state index is 0.200. The summed E-state index contributed by atoms with van der Waals surface area (Å²) in [7, 11) is 0. The van der Waals surface area contributed by atoms with E-state index in [1.807, 2.05) is 48.5 Å². The van der Waals surface area contributed by atoms with Crippen molar-refractivity contribution in [1.29, 1.82) is 0 Å². The van der Waals surface area contributed by atoms with Crippen molar-refractivity contribution in [2.45, 2.75) is 12.5 Å². The van der Waals surface area contributed by atoms with Crippen molar-refractivity contribution < 1.29 is 14.3 Å². The van der Waals surface area contributed by atoms with Gasteiger partial charge in [0, 0.05) is 37.3 Å². The number of aromatic nitrogens is 1. The lowest BCUT2D eigenvalue weighted by molar-refractivity contribution is -0.117. The average Bonchev–Trinajstić information content (AvgIpc) is 2.89. The second-order valence-corrected chi connectivity index (χ2v) is 8.72. The van der Waals surface area contributed by atoms with E-state index in [0.29, 0.717) is 32.8 Å². The van der Waals surface area contributed by atoms with E-state index in [1.54, 1.807) is 0 Å². The van der Waals surface area contributed by atoms with Gasteiger partial charge in [0.2, 0.25) is 5.91 Å². The number of ether oxygens (including phenoxy) is 2. The quantitative estimate of drug-likeness (QED) is 0.582. The maximum absolute atomic E-state index is 12.7. The molecule has 1 atom stereocenters. The molecule has 0 spiro atoms. The van der Waals surface area contributed by atoms with E-state index < -0.39 is 6.04 Å². The maximum Gasteiger partial charge on any atom is 0.241 e. The number of pyridine rings is 1. The Morgan fingerprint density at radius 2 is 1.62 bits per heavy atom. The zero-order valence-corrected chi connectivity index (χ0v) is 19.3. The molecule has 3 N–H and O–H groups in total. The number of nitrogens with one attached hydrogen (secondary N) is 1. The largest absolute Gasteiger partial charge is 0.378 e. The van der Waals surface area contributed by atoms with Gasteiger partial charge in [-0.1, -0.05) is 30.3 Å². The van der Waals surface area contributed by atoms with Crippen LogP contribution < -0.4 is 20.9 Å². The lowest BCUT2D eigenvalue weighted by atomic mass is 10.1. The SMILES string of the molecule is N[C@@H](Cc1ccccc1)C(=O)Nc1ccc2nc(N3CCOCC3)c(N3CCOCC3)cc2c1. The summed E-state index contributed by atoms with van der Waals surface area (Å²) in [6, 6.07) is 17.2. The van der Waals surface area contributed by atoms with Gasteiger partial charge in [0.1, 0.15) is 0 Å². The number of rotatable bonds is 6. The molecule has 2 fully saturated rings. The molecule has 2 aliphatic heterocycles. The molecule has 0 saturated carbocycles. The number of nitrogens with two attached hydrogens (primary N) is 1. The molecule has 2 aliphatic rings. The van der Waals surface area contributed by atoms with Gasteiger partial charge in [0.15, 0.2) is 5.82 Å². The minimum Gasteiger partial charge on any atom is -0.378 e. The number of fused-ring (bicyclic) bond motifs is 1. The summed E-state index contributed by atoms with van der Waals surface area (Å²) >= 11 is 0. The van der Waals surface area contributed by atoms with E-state index in [-0.39, 0.29) is 5.91 Å². The number of nitrogens with zero attached hydrogens (tertiary/aromatic N) is 3. The summed E-state index contributed by atoms with van der Waals surface area (Å²) in [5.41, 5.74) is 9.93. The van der Waals surface area contributed by atoms with Crippen LogP contribution in [0, 0.1) is 0 Å². The fourth-order valence-corrected chi connectivity index (χ4v) is 4.47. The first-order valence-corrected chi connectivity index (χ1v) is 11.9. The van der Waals surface area contributed by atoms with Crippen molar-refractivity contribution in [2.24, 2.45) is 5.73 Å². The van der Waals surface area contributed by atoms with Gasteiger partial charge in [0.05, 0.1) is 43.7 Å². The van der Waals surface area contributed by atoms with Crippen molar-refractivity contribution in [1.82, 2.24) is 4.98 Å². The molecule has 1 amide bonds. The molecule has 3 heterocycles. The first-order valence-electron chi connectivity index (χ1n) is 11.9. The number of carbonyl (C=O) groups excluding carboxylic acids is 1. The lowest BCUT2D eigenvalue weighted by Gasteiger charge is -2.35. The van der Waals surface area contributed by atoms with Gasteiger partial charge in [-0.3, -0.25) is 4.79 Å². The molecule has 3 aromatic rings. The third kappa shape index (κ3) is 5.14. The standard InChI is InChI=1S/C26H31N5O3/c27-22(16-19-4-2-1-3-5-19)26(32)28-21-6-7-23-20(17-21)18-24(30-8-12-33-13-9-30)25(29-23)31-10-14-34-15-11-31/h1-7,17-18,22H,8-16,27H2,(H,28,32)/t22-/m0/s1. The zero-order valence-electron chi connectivity index (χ0n) is 19.3. The maximum atomic E-state index is 12.7. The Morgan fingerprint density at radius 1 is 0.941 bits per heavy atom. The molecule has 5 rings (SSSR count). The van der Waals surface area contributed by atoms with Gasteiger partial charge in [-0.05, 0) is 36.2 Å². The summed E-state index contributed by atoms with van der Waals surface area (Å²) in [4.78, 5) is 22.4. The van der Waals surface area contributed by atoms with Crippen molar-refractivity contribution in [2.75, 3.05) is 67.7 Å². The first-order chi connectivity index (χ1) is 16.7. The number of hydrogen-bond donors (Lipinski definition) is 2. The highest BCUT2D eigenvalue weighted by Gasteiger charge is 2.23. The number of morpholine rings is 2. The van der Waals surface area contributed by atoms with Crippen molar-refractivity contribution in [3.8, 4) is 0 Å². The fourth-order valence-electron chi connectivity index (χ4n) is 4.47. The Kier molecular flexibility index (Phi) is 6.89. The Bertz CT molecular complexity index is 1130. The highest BCUT2D eigenvalue weighted by Crippen LogP contribution is 2.33. The van der Waals surface area contributed by atoms with Crippen LogP contribution in [-0.4, -0.2) is 69.5 Å². The summed E-state index contributed by atoms with van der Waals surface area (Å²) in [5, 5.41) is 3.96. The summed E-state index contributed by atoms with van der Waals surface area (Å²) in [5.74, 6) is 0.786. The van der Waals surface area contributed by atoms with Gasteiger partial charge < -0.3 is 30.3 Å². The molecule has 0 bridgehead atoms. The smallest absolute Gasteiger partial charge is 0.241 e. The third-order valence-corrected chi connectivity index (χ3v) is 6.34. The Balaban J connectivity index is 1.39. The molecule has 34 heavy (non-hydrogen) atoms. The van der Waals surface area contributed by atoms with Crippen LogP contribution in [0.15, 0.2) is 54.6 Å². The molecule has 2 saturated heterocycles. The summed E-state index contributed by atoms with van der Waals surface area (Å²) in [6.45, 7) is 6.12. The van der Waals surface area contributed by atoms with Crippen LogP contribution in [-0.2, 0) is 20.7 Å². The normalized spacial score (nSPS) is 17.6. The van der Waals surface area contributed by atoms with E-state index in [2.05, 4.69) is 21.2 Å². The molecule has 8 nitrogen and oxygen atoms in total. The molecule has 8 heteroatoms. The van der Waals surface area contributed by atoms with Crippen LogP contribution in [0.5, 0.6) is 0 Å².